The average molecular weight is 739 g/mol. The second-order valence-electron chi connectivity index (χ2n) is 9.91. The average Bonchev–Trinajstić information content (AvgIpc) is 2.99. The summed E-state index contributed by atoms with van der Waals surface area (Å²) in [5, 5.41) is 13.1. The summed E-state index contributed by atoms with van der Waals surface area (Å²) >= 11 is 2.22. The SMILES string of the molecule is CC#N.CC(C)(C)N(CP(c1ccccc1)c1ccccc1)CP(c1ccccc1)c1ccccc1.F[B-](F)(F)F.[Cl][Pd+]. The Morgan fingerprint density at radius 3 is 0.977 bits per heavy atom. The molecule has 0 heterocycles. The predicted octanol–water partition coefficient (Wildman–Crippen LogP) is 8.78. The van der Waals surface area contributed by atoms with Gasteiger partial charge >= 0.3 is 35.0 Å². The van der Waals surface area contributed by atoms with Crippen LogP contribution in [0.2, 0.25) is 0 Å². The van der Waals surface area contributed by atoms with Gasteiger partial charge in [-0.1, -0.05) is 121 Å². The van der Waals surface area contributed by atoms with E-state index < -0.39 is 23.1 Å². The summed E-state index contributed by atoms with van der Waals surface area (Å²) in [5.41, 5.74) is 0.0638. The van der Waals surface area contributed by atoms with Gasteiger partial charge in [0, 0.05) is 25.0 Å². The van der Waals surface area contributed by atoms with Crippen molar-refractivity contribution in [2.45, 2.75) is 33.2 Å². The van der Waals surface area contributed by atoms with Crippen molar-refractivity contribution >= 4 is 53.8 Å². The zero-order valence-electron chi connectivity index (χ0n) is 24.5. The molecule has 0 saturated carbocycles. The number of nitrogens with zero attached hydrogens (tertiary/aromatic N) is 2. The van der Waals surface area contributed by atoms with Gasteiger partial charge in [-0.2, -0.15) is 5.26 Å². The van der Waals surface area contributed by atoms with E-state index in [1.807, 2.05) is 0 Å². The van der Waals surface area contributed by atoms with Crippen molar-refractivity contribution in [3.05, 3.63) is 121 Å². The molecule has 0 aromatic heterocycles. The molecule has 0 N–H and O–H groups in total. The summed E-state index contributed by atoms with van der Waals surface area (Å²) in [6.45, 7) is 8.51. The molecule has 0 saturated heterocycles. The zero-order chi connectivity index (χ0) is 32.3. The van der Waals surface area contributed by atoms with E-state index in [0.29, 0.717) is 0 Å². The molecule has 43 heavy (non-hydrogen) atoms. The zero-order valence-corrected chi connectivity index (χ0v) is 28.6. The van der Waals surface area contributed by atoms with E-state index in [1.165, 1.54) is 28.1 Å². The van der Waals surface area contributed by atoms with Gasteiger partial charge in [-0.05, 0) is 57.8 Å². The Hall–Kier alpha value is -2.07. The molecule has 232 valence electrons. The normalized spacial score (nSPS) is 10.9. The molecule has 0 unspecified atom stereocenters. The minimum absolute atomic E-state index is 0.0638. The first-order valence-corrected chi connectivity index (χ1v) is 18.3. The first-order chi connectivity index (χ1) is 20.4. The van der Waals surface area contributed by atoms with Crippen molar-refractivity contribution in [3.63, 3.8) is 0 Å². The fourth-order valence-electron chi connectivity index (χ4n) is 3.87. The van der Waals surface area contributed by atoms with Crippen LogP contribution in [0.15, 0.2) is 121 Å². The molecule has 0 radical (unpaired) electrons. The molecule has 0 spiro atoms. The van der Waals surface area contributed by atoms with Crippen LogP contribution in [0.4, 0.5) is 17.3 Å². The number of hydrogen-bond acceptors (Lipinski definition) is 2. The van der Waals surface area contributed by atoms with Gasteiger partial charge in [0.1, 0.15) is 0 Å². The Morgan fingerprint density at radius 2 is 0.814 bits per heavy atom. The third-order valence-electron chi connectivity index (χ3n) is 5.84. The molecule has 0 amide bonds. The van der Waals surface area contributed by atoms with Crippen LogP contribution in [0.1, 0.15) is 27.7 Å². The third kappa shape index (κ3) is 16.0. The summed E-state index contributed by atoms with van der Waals surface area (Å²) < 4.78 is 39.0. The van der Waals surface area contributed by atoms with Crippen molar-refractivity contribution in [3.8, 4) is 6.07 Å². The van der Waals surface area contributed by atoms with E-state index in [9.17, 15) is 17.3 Å². The maximum atomic E-state index is 9.75. The standard InChI is InChI=1S/C30H33NP2.C2H3N.BF4.ClH.Pd/c1-30(2,3)31(24-32(26-16-8-4-9-17-26)27-18-10-5-11-19-27)25-33(28-20-12-6-13-21-28)29-22-14-7-15-23-29;1-2-3;2-1(3,4)5;;/h4-23H,24-25H2,1-3H3;1H3;;1H;/q;;-1;;+2/p-1. The first kappa shape index (κ1) is 39.0. The van der Waals surface area contributed by atoms with E-state index >= 15 is 0 Å². The molecule has 0 aliphatic heterocycles. The van der Waals surface area contributed by atoms with Crippen molar-refractivity contribution in [2.75, 3.05) is 12.6 Å². The first-order valence-electron chi connectivity index (χ1n) is 13.2. The van der Waals surface area contributed by atoms with Gasteiger partial charge in [-0.3, -0.25) is 4.90 Å². The molecular weight excluding hydrogens is 703 g/mol. The maximum absolute atomic E-state index is 9.75. The van der Waals surface area contributed by atoms with E-state index in [2.05, 4.69) is 175 Å². The van der Waals surface area contributed by atoms with Gasteiger partial charge < -0.3 is 17.3 Å². The van der Waals surface area contributed by atoms with Crippen LogP contribution in [0, 0.1) is 11.3 Å². The Bertz CT molecular complexity index is 1140. The van der Waals surface area contributed by atoms with E-state index in [1.54, 1.807) is 6.07 Å². The molecule has 4 rings (SSSR count). The predicted molar refractivity (Wildman–Crippen MR) is 177 cm³/mol. The Kier molecular flexibility index (Phi) is 18.8. The van der Waals surface area contributed by atoms with Gasteiger partial charge in [-0.25, -0.2) is 0 Å². The summed E-state index contributed by atoms with van der Waals surface area (Å²) in [4.78, 5) is 2.73. The molecule has 4 aromatic rings. The molecule has 4 aromatic carbocycles. The molecule has 0 aliphatic carbocycles. The molecule has 0 bridgehead atoms. The molecule has 11 heteroatoms. The second kappa shape index (κ2) is 20.8. The van der Waals surface area contributed by atoms with Crippen molar-refractivity contribution in [1.82, 2.24) is 4.90 Å². The molecule has 2 nitrogen and oxygen atoms in total. The third-order valence-corrected chi connectivity index (χ3v) is 10.8. The topological polar surface area (TPSA) is 27.0 Å². The number of nitriles is 1. The Balaban J connectivity index is 0.000000813. The number of benzene rings is 4. The summed E-state index contributed by atoms with van der Waals surface area (Å²) in [7, 11) is -2.48. The van der Waals surface area contributed by atoms with Crippen molar-refractivity contribution in [1.29, 1.82) is 5.26 Å². The quantitative estimate of drug-likeness (QED) is 0.103. The Morgan fingerprint density at radius 1 is 0.628 bits per heavy atom. The monoisotopic (exact) mass is 738 g/mol. The minimum atomic E-state index is -6.00. The van der Waals surface area contributed by atoms with E-state index in [0.717, 1.165) is 12.6 Å². The van der Waals surface area contributed by atoms with Crippen LogP contribution in [-0.2, 0) is 18.2 Å². The van der Waals surface area contributed by atoms with Crippen molar-refractivity contribution < 1.29 is 35.4 Å². The summed E-state index contributed by atoms with van der Waals surface area (Å²) in [5.74, 6) is 0. The van der Waals surface area contributed by atoms with Gasteiger partial charge in [0.15, 0.2) is 0 Å². The molecule has 0 fully saturated rings. The van der Waals surface area contributed by atoms with Gasteiger partial charge in [0.25, 0.3) is 0 Å². The van der Waals surface area contributed by atoms with Crippen LogP contribution in [0.5, 0.6) is 0 Å². The fraction of sp³-hybridized carbons (Fsp3) is 0.219. The molecular formula is C32H36BClF4N2P2Pd. The fourth-order valence-corrected chi connectivity index (χ4v) is 9.13. The van der Waals surface area contributed by atoms with Crippen LogP contribution in [-0.4, -0.2) is 30.3 Å². The summed E-state index contributed by atoms with van der Waals surface area (Å²) in [6, 6.07) is 46.1. The van der Waals surface area contributed by atoms with E-state index in [4.69, 9.17) is 5.26 Å². The number of rotatable bonds is 8. The van der Waals surface area contributed by atoms with Gasteiger partial charge in [0.05, 0.1) is 6.07 Å². The summed E-state index contributed by atoms with van der Waals surface area (Å²) in [6.07, 6.45) is 2.09. The van der Waals surface area contributed by atoms with Crippen LogP contribution < -0.4 is 21.2 Å². The number of hydrogen-bond donors (Lipinski definition) is 0. The van der Waals surface area contributed by atoms with Gasteiger partial charge in [-0.15, -0.1) is 0 Å². The van der Waals surface area contributed by atoms with Crippen LogP contribution in [0.25, 0.3) is 0 Å². The number of halogens is 5. The molecule has 0 atom stereocenters. The van der Waals surface area contributed by atoms with Crippen LogP contribution in [0.3, 0.4) is 0 Å². The second-order valence-corrected chi connectivity index (χ2v) is 14.3. The molecule has 0 aliphatic rings. The van der Waals surface area contributed by atoms with Crippen LogP contribution >= 0.6 is 25.4 Å². The van der Waals surface area contributed by atoms with Crippen molar-refractivity contribution in [2.24, 2.45) is 0 Å². The van der Waals surface area contributed by atoms with Gasteiger partial charge in [0.2, 0.25) is 0 Å². The van der Waals surface area contributed by atoms with E-state index in [-0.39, 0.29) is 5.54 Å². The Labute approximate surface area is 271 Å².